The van der Waals surface area contributed by atoms with E-state index >= 15 is 0 Å². The number of anilines is 1. The van der Waals surface area contributed by atoms with E-state index in [-0.39, 0.29) is 5.41 Å². The summed E-state index contributed by atoms with van der Waals surface area (Å²) in [5.74, 6) is 0.814. The van der Waals surface area contributed by atoms with Crippen molar-refractivity contribution in [2.75, 3.05) is 19.1 Å². The van der Waals surface area contributed by atoms with Crippen LogP contribution in [0.4, 0.5) is 11.4 Å². The van der Waals surface area contributed by atoms with Crippen LogP contribution in [-0.2, 0) is 5.41 Å². The van der Waals surface area contributed by atoms with Gasteiger partial charge in [-0.2, -0.15) is 10.2 Å². The lowest BCUT2D eigenvalue weighted by Gasteiger charge is -2.22. The molecule has 2 aromatic carbocycles. The molecule has 1 aliphatic heterocycles. The van der Waals surface area contributed by atoms with Gasteiger partial charge in [0.1, 0.15) is 5.75 Å². The number of benzene rings is 2. The van der Waals surface area contributed by atoms with Crippen molar-refractivity contribution in [1.29, 1.82) is 0 Å². The summed E-state index contributed by atoms with van der Waals surface area (Å²) in [6.07, 6.45) is 1.85. The second-order valence-electron chi connectivity index (χ2n) is 6.13. The summed E-state index contributed by atoms with van der Waals surface area (Å²) in [7, 11) is 3.72. The molecule has 4 heteroatoms. The summed E-state index contributed by atoms with van der Waals surface area (Å²) in [4.78, 5) is 2.18. The van der Waals surface area contributed by atoms with E-state index in [1.165, 1.54) is 11.3 Å². The molecule has 0 aromatic heterocycles. The number of hydrogen-bond acceptors (Lipinski definition) is 4. The van der Waals surface area contributed by atoms with Gasteiger partial charge in [-0.25, -0.2) is 0 Å². The largest absolute Gasteiger partial charge is 0.497 e. The van der Waals surface area contributed by atoms with Crippen LogP contribution < -0.4 is 9.64 Å². The fraction of sp³-hybridized carbons (Fsp3) is 0.263. The van der Waals surface area contributed by atoms with E-state index in [4.69, 9.17) is 4.74 Å². The second kappa shape index (κ2) is 5.88. The van der Waals surface area contributed by atoms with Gasteiger partial charge in [0, 0.05) is 23.8 Å². The number of hydrogen-bond donors (Lipinski definition) is 0. The lowest BCUT2D eigenvalue weighted by Crippen LogP contribution is -2.22. The number of fused-ring (bicyclic) bond motifs is 1. The minimum absolute atomic E-state index is 0.0791. The number of para-hydroxylation sites is 1. The van der Waals surface area contributed by atoms with Gasteiger partial charge in [0.15, 0.2) is 0 Å². The van der Waals surface area contributed by atoms with Gasteiger partial charge >= 0.3 is 0 Å². The van der Waals surface area contributed by atoms with Crippen molar-refractivity contribution in [3.8, 4) is 5.75 Å². The molecule has 0 amide bonds. The number of ether oxygens (including phenoxy) is 1. The zero-order valence-electron chi connectivity index (χ0n) is 13.9. The quantitative estimate of drug-likeness (QED) is 0.744. The van der Waals surface area contributed by atoms with Crippen LogP contribution in [0.25, 0.3) is 0 Å². The van der Waals surface area contributed by atoms with Crippen molar-refractivity contribution in [3.63, 3.8) is 0 Å². The minimum Gasteiger partial charge on any atom is -0.497 e. The van der Waals surface area contributed by atoms with E-state index in [0.717, 1.165) is 17.1 Å². The van der Waals surface area contributed by atoms with Crippen LogP contribution >= 0.6 is 0 Å². The molecular weight excluding hydrogens is 286 g/mol. The Balaban J connectivity index is 1.86. The average molecular weight is 307 g/mol. The standard InChI is InChI=1S/C19H21N3O/c1-19(2)16-7-5-6-8-17(16)22(3)18(19)13-20-21-14-9-11-15(23-4)12-10-14/h5-13H,1-4H3/b18-13+,21-20?. The molecule has 0 bridgehead atoms. The third-order valence-electron chi connectivity index (χ3n) is 4.37. The van der Waals surface area contributed by atoms with Gasteiger partial charge in [-0.05, 0) is 35.9 Å². The second-order valence-corrected chi connectivity index (χ2v) is 6.13. The maximum Gasteiger partial charge on any atom is 0.119 e. The molecule has 0 radical (unpaired) electrons. The highest BCUT2D eigenvalue weighted by atomic mass is 16.5. The third kappa shape index (κ3) is 2.72. The van der Waals surface area contributed by atoms with Crippen molar-refractivity contribution >= 4 is 11.4 Å². The fourth-order valence-electron chi connectivity index (χ4n) is 3.03. The van der Waals surface area contributed by atoms with Crippen LogP contribution in [0.1, 0.15) is 19.4 Å². The maximum atomic E-state index is 5.14. The lowest BCUT2D eigenvalue weighted by molar-refractivity contribution is 0.415. The summed E-state index contributed by atoms with van der Waals surface area (Å²) in [6, 6.07) is 16.0. The van der Waals surface area contributed by atoms with Crippen LogP contribution in [0.2, 0.25) is 0 Å². The predicted molar refractivity (Wildman–Crippen MR) is 93.5 cm³/mol. The maximum absolute atomic E-state index is 5.14. The Morgan fingerprint density at radius 1 is 1.04 bits per heavy atom. The SMILES string of the molecule is COc1ccc(N=N/C=C2/N(C)c3ccccc3C2(C)C)cc1. The number of azo groups is 1. The smallest absolute Gasteiger partial charge is 0.119 e. The highest BCUT2D eigenvalue weighted by Gasteiger charge is 2.38. The monoisotopic (exact) mass is 307 g/mol. The van der Waals surface area contributed by atoms with Crippen LogP contribution in [0.3, 0.4) is 0 Å². The number of methoxy groups -OCH3 is 1. The Bertz CT molecular complexity index is 760. The molecule has 0 spiro atoms. The van der Waals surface area contributed by atoms with Crippen molar-refractivity contribution in [3.05, 3.63) is 66.0 Å². The predicted octanol–water partition coefficient (Wildman–Crippen LogP) is 5.05. The van der Waals surface area contributed by atoms with Crippen molar-refractivity contribution in [1.82, 2.24) is 0 Å². The molecule has 0 aliphatic carbocycles. The van der Waals surface area contributed by atoms with Crippen LogP contribution in [0.5, 0.6) is 5.75 Å². The third-order valence-corrected chi connectivity index (χ3v) is 4.37. The van der Waals surface area contributed by atoms with Gasteiger partial charge in [0.2, 0.25) is 0 Å². The van der Waals surface area contributed by atoms with Gasteiger partial charge in [-0.15, -0.1) is 0 Å². The molecule has 2 aromatic rings. The van der Waals surface area contributed by atoms with Crippen LogP contribution in [0.15, 0.2) is 70.7 Å². The highest BCUT2D eigenvalue weighted by molar-refractivity contribution is 5.69. The zero-order valence-corrected chi connectivity index (χ0v) is 13.9. The van der Waals surface area contributed by atoms with Crippen LogP contribution in [0, 0.1) is 0 Å². The first-order chi connectivity index (χ1) is 11.0. The summed E-state index contributed by atoms with van der Waals surface area (Å²) in [6.45, 7) is 4.42. The molecule has 0 saturated heterocycles. The molecule has 4 nitrogen and oxygen atoms in total. The number of rotatable bonds is 3. The van der Waals surface area contributed by atoms with E-state index in [9.17, 15) is 0 Å². The van der Waals surface area contributed by atoms with Crippen molar-refractivity contribution in [2.24, 2.45) is 10.2 Å². The Labute approximate surface area is 137 Å². The molecule has 118 valence electrons. The van der Waals surface area contributed by atoms with E-state index in [1.54, 1.807) is 7.11 Å². The molecule has 23 heavy (non-hydrogen) atoms. The summed E-state index contributed by atoms with van der Waals surface area (Å²) >= 11 is 0. The first kappa shape index (κ1) is 15.3. The molecule has 0 unspecified atom stereocenters. The van der Waals surface area contributed by atoms with Gasteiger partial charge < -0.3 is 9.64 Å². The summed E-state index contributed by atoms with van der Waals surface area (Å²) in [5, 5.41) is 8.56. The Morgan fingerprint density at radius 3 is 2.39 bits per heavy atom. The van der Waals surface area contributed by atoms with E-state index in [0.29, 0.717) is 0 Å². The first-order valence-corrected chi connectivity index (χ1v) is 7.63. The summed E-state index contributed by atoms with van der Waals surface area (Å²) < 4.78 is 5.14. The molecule has 1 aliphatic rings. The topological polar surface area (TPSA) is 37.2 Å². The number of allylic oxidation sites excluding steroid dienone is 1. The van der Waals surface area contributed by atoms with Crippen LogP contribution in [-0.4, -0.2) is 14.2 Å². The minimum atomic E-state index is -0.0791. The van der Waals surface area contributed by atoms with Gasteiger partial charge in [-0.1, -0.05) is 32.0 Å². The normalized spacial score (nSPS) is 17.7. The Kier molecular flexibility index (Phi) is 3.90. The molecule has 0 atom stereocenters. The molecule has 0 saturated carbocycles. The molecule has 3 rings (SSSR count). The van der Waals surface area contributed by atoms with Gasteiger partial charge in [0.05, 0.1) is 19.0 Å². The van der Waals surface area contributed by atoms with Gasteiger partial charge in [-0.3, -0.25) is 0 Å². The number of nitrogens with zero attached hydrogens (tertiary/aromatic N) is 3. The fourth-order valence-corrected chi connectivity index (χ4v) is 3.03. The summed E-state index contributed by atoms with van der Waals surface area (Å²) in [5.41, 5.74) is 4.40. The average Bonchev–Trinajstić information content (AvgIpc) is 2.76. The molecule has 0 fully saturated rings. The molecule has 0 N–H and O–H groups in total. The number of likely N-dealkylation sites (N-methyl/N-ethyl adjacent to an activating group) is 1. The van der Waals surface area contributed by atoms with E-state index in [1.807, 2.05) is 30.5 Å². The van der Waals surface area contributed by atoms with Crippen molar-refractivity contribution < 1.29 is 4.74 Å². The molecular formula is C19H21N3O. The molecule has 1 heterocycles. The first-order valence-electron chi connectivity index (χ1n) is 7.63. The van der Waals surface area contributed by atoms with E-state index < -0.39 is 0 Å². The van der Waals surface area contributed by atoms with E-state index in [2.05, 4.69) is 60.3 Å². The lowest BCUT2D eigenvalue weighted by atomic mass is 9.84. The Morgan fingerprint density at radius 2 is 1.74 bits per heavy atom. The van der Waals surface area contributed by atoms with Crippen molar-refractivity contribution in [2.45, 2.75) is 19.3 Å². The van der Waals surface area contributed by atoms with Gasteiger partial charge in [0.25, 0.3) is 0 Å². The Hall–Kier alpha value is -2.62. The highest BCUT2D eigenvalue weighted by Crippen LogP contribution is 2.46. The zero-order chi connectivity index (χ0) is 16.4.